The Balaban J connectivity index is 0.00000361. The van der Waals surface area contributed by atoms with E-state index in [1.165, 1.54) is 10.8 Å². The zero-order valence-electron chi connectivity index (χ0n) is 11.5. The molecule has 0 unspecified atom stereocenters. The van der Waals surface area contributed by atoms with Gasteiger partial charge in [-0.2, -0.15) is 5.26 Å². The average Bonchev–Trinajstić information content (AvgIpc) is 2.70. The van der Waals surface area contributed by atoms with Crippen molar-refractivity contribution in [1.82, 2.24) is 9.55 Å². The van der Waals surface area contributed by atoms with Crippen LogP contribution in [0, 0.1) is 11.3 Å². The van der Waals surface area contributed by atoms with E-state index in [2.05, 4.69) is 24.6 Å². The molecule has 0 bridgehead atoms. The fourth-order valence-electron chi connectivity index (χ4n) is 1.45. The second kappa shape index (κ2) is 9.09. The van der Waals surface area contributed by atoms with Crippen molar-refractivity contribution in [3.8, 4) is 6.07 Å². The summed E-state index contributed by atoms with van der Waals surface area (Å²) in [7, 11) is -1.10. The number of hydrogen-bond acceptors (Lipinski definition) is 4. The molecule has 8 heteroatoms. The third kappa shape index (κ3) is 7.12. The van der Waals surface area contributed by atoms with Crippen LogP contribution in [-0.2, 0) is 11.3 Å². The van der Waals surface area contributed by atoms with Crippen LogP contribution in [0.4, 0.5) is 0 Å². The molecule has 0 aliphatic carbocycles. The summed E-state index contributed by atoms with van der Waals surface area (Å²) in [4.78, 5) is 14.7. The van der Waals surface area contributed by atoms with Crippen molar-refractivity contribution in [2.45, 2.75) is 32.2 Å². The van der Waals surface area contributed by atoms with Crippen molar-refractivity contribution >= 4 is 65.4 Å². The molecule has 1 aromatic rings. The van der Waals surface area contributed by atoms with Crippen LogP contribution in [0.25, 0.3) is 0 Å². The van der Waals surface area contributed by atoms with Crippen molar-refractivity contribution in [3.05, 3.63) is 17.7 Å². The van der Waals surface area contributed by atoms with Crippen molar-refractivity contribution in [3.63, 3.8) is 0 Å². The van der Waals surface area contributed by atoms with Gasteiger partial charge in [-0.3, -0.25) is 0 Å². The minimum absolute atomic E-state index is 0. The molecule has 0 atom stereocenters. The molecule has 1 heterocycles. The normalized spacial score (nSPS) is 10.7. The molecule has 0 aliphatic heterocycles. The van der Waals surface area contributed by atoms with E-state index in [4.69, 9.17) is 15.1 Å². The number of ether oxygens (including phenoxy) is 1. The third-order valence-electron chi connectivity index (χ3n) is 2.56. The Kier molecular flexibility index (Phi) is 9.09. The number of rotatable bonds is 7. The summed E-state index contributed by atoms with van der Waals surface area (Å²) in [6.45, 7) is 8.32. The predicted molar refractivity (Wildman–Crippen MR) is 80.0 cm³/mol. The van der Waals surface area contributed by atoms with Gasteiger partial charge in [0, 0.05) is 27.4 Å². The standard InChI is InChI=1S/C12H19N3O3Si.K.H/c1-19(2,3)7-6-18-5-4-15-9-10(8-13)14-11(15)12(16)17;;/h9H,4-7H2,1-3H3,(H,16,17);;. The molecular formula is C12H20KN3O3Si. The fourth-order valence-corrected chi connectivity index (χ4v) is 2.21. The number of aromatic carboxylic acids is 1. The van der Waals surface area contributed by atoms with Crippen molar-refractivity contribution in [1.29, 1.82) is 5.26 Å². The Morgan fingerprint density at radius 3 is 2.65 bits per heavy atom. The molecule has 1 N–H and O–H groups in total. The molecule has 0 aliphatic rings. The SMILES string of the molecule is C[Si](C)(C)CCOCCn1cc(C#N)nc1C(=O)O.[KH]. The number of imidazole rings is 1. The number of hydrogen-bond donors (Lipinski definition) is 1. The molecule has 0 amide bonds. The molecular weight excluding hydrogens is 301 g/mol. The molecule has 0 fully saturated rings. The first-order valence-electron chi connectivity index (χ1n) is 6.12. The topological polar surface area (TPSA) is 88.1 Å². The summed E-state index contributed by atoms with van der Waals surface area (Å²) in [5.41, 5.74) is 0.111. The summed E-state index contributed by atoms with van der Waals surface area (Å²) in [6.07, 6.45) is 1.44. The van der Waals surface area contributed by atoms with Gasteiger partial charge in [-0.05, 0) is 6.04 Å². The molecule has 0 aromatic carbocycles. The van der Waals surface area contributed by atoms with Crippen LogP contribution in [-0.4, -0.2) is 93.3 Å². The van der Waals surface area contributed by atoms with Crippen molar-refractivity contribution in [2.24, 2.45) is 0 Å². The van der Waals surface area contributed by atoms with Gasteiger partial charge in [-0.25, -0.2) is 9.78 Å². The van der Waals surface area contributed by atoms with E-state index in [9.17, 15) is 4.79 Å². The number of carboxylic acid groups (broad SMARTS) is 1. The summed E-state index contributed by atoms with van der Waals surface area (Å²) in [6, 6.07) is 2.91. The summed E-state index contributed by atoms with van der Waals surface area (Å²) >= 11 is 0. The molecule has 0 saturated heterocycles. The van der Waals surface area contributed by atoms with Crippen LogP contribution in [0.3, 0.4) is 0 Å². The number of aromatic nitrogens is 2. The van der Waals surface area contributed by atoms with E-state index in [0.29, 0.717) is 19.8 Å². The number of carbonyl (C=O) groups is 1. The average molecular weight is 321 g/mol. The number of nitriles is 1. The number of nitrogens with zero attached hydrogens (tertiary/aromatic N) is 3. The first-order valence-corrected chi connectivity index (χ1v) is 9.82. The van der Waals surface area contributed by atoms with Crippen molar-refractivity contribution < 1.29 is 14.6 Å². The Bertz CT molecular complexity index is 491. The predicted octanol–water partition coefficient (Wildman–Crippen LogP) is 1.16. The summed E-state index contributed by atoms with van der Waals surface area (Å²) < 4.78 is 6.94. The van der Waals surface area contributed by atoms with E-state index in [1.807, 2.05) is 6.07 Å². The minimum atomic E-state index is -1.14. The fraction of sp³-hybridized carbons (Fsp3) is 0.583. The monoisotopic (exact) mass is 321 g/mol. The summed E-state index contributed by atoms with van der Waals surface area (Å²) in [5.74, 6) is -1.26. The van der Waals surface area contributed by atoms with Gasteiger partial charge in [0.15, 0.2) is 5.69 Å². The van der Waals surface area contributed by atoms with Gasteiger partial charge in [-0.15, -0.1) is 0 Å². The van der Waals surface area contributed by atoms with Gasteiger partial charge in [0.2, 0.25) is 5.82 Å². The van der Waals surface area contributed by atoms with E-state index in [-0.39, 0.29) is 62.9 Å². The Morgan fingerprint density at radius 1 is 1.50 bits per heavy atom. The van der Waals surface area contributed by atoms with E-state index >= 15 is 0 Å². The maximum absolute atomic E-state index is 10.9. The van der Waals surface area contributed by atoms with Gasteiger partial charge >= 0.3 is 57.4 Å². The second-order valence-corrected chi connectivity index (χ2v) is 11.1. The van der Waals surface area contributed by atoms with Crippen LogP contribution in [0.15, 0.2) is 6.20 Å². The first-order chi connectivity index (χ1) is 8.83. The second-order valence-electron chi connectivity index (χ2n) is 5.48. The third-order valence-corrected chi connectivity index (χ3v) is 4.26. The molecule has 1 rings (SSSR count). The Labute approximate surface area is 162 Å². The molecule has 106 valence electrons. The molecule has 0 saturated carbocycles. The number of carboxylic acids is 1. The molecule has 1 aromatic heterocycles. The maximum atomic E-state index is 10.9. The first kappa shape index (κ1) is 20.0. The van der Waals surface area contributed by atoms with Gasteiger partial charge in [-0.1, -0.05) is 19.6 Å². The van der Waals surface area contributed by atoms with Crippen LogP contribution in [0.2, 0.25) is 25.7 Å². The van der Waals surface area contributed by atoms with Gasteiger partial charge in [0.25, 0.3) is 0 Å². The molecule has 6 nitrogen and oxygen atoms in total. The van der Waals surface area contributed by atoms with Gasteiger partial charge in [0.05, 0.1) is 6.61 Å². The van der Waals surface area contributed by atoms with Crippen LogP contribution < -0.4 is 0 Å². The zero-order chi connectivity index (χ0) is 14.5. The van der Waals surface area contributed by atoms with Gasteiger partial charge in [0.1, 0.15) is 6.07 Å². The van der Waals surface area contributed by atoms with Crippen LogP contribution in [0.5, 0.6) is 0 Å². The quantitative estimate of drug-likeness (QED) is 0.601. The van der Waals surface area contributed by atoms with Crippen LogP contribution in [0.1, 0.15) is 16.3 Å². The Morgan fingerprint density at radius 2 is 2.15 bits per heavy atom. The molecule has 20 heavy (non-hydrogen) atoms. The van der Waals surface area contributed by atoms with Gasteiger partial charge < -0.3 is 14.4 Å². The molecule has 0 radical (unpaired) electrons. The van der Waals surface area contributed by atoms with E-state index in [1.54, 1.807) is 0 Å². The zero-order valence-corrected chi connectivity index (χ0v) is 12.5. The summed E-state index contributed by atoms with van der Waals surface area (Å²) in [5, 5.41) is 17.7. The Hall–Kier alpha value is -0.0168. The van der Waals surface area contributed by atoms with E-state index in [0.717, 1.165) is 6.04 Å². The van der Waals surface area contributed by atoms with E-state index < -0.39 is 14.0 Å². The van der Waals surface area contributed by atoms with Crippen molar-refractivity contribution in [2.75, 3.05) is 13.2 Å². The van der Waals surface area contributed by atoms with Crippen LogP contribution >= 0.6 is 0 Å². The molecule has 0 spiro atoms.